The number of hydrogen-bond acceptors (Lipinski definition) is 5. The maximum absolute atomic E-state index is 12.4. The van der Waals surface area contributed by atoms with Gasteiger partial charge in [0.25, 0.3) is 0 Å². The van der Waals surface area contributed by atoms with E-state index in [4.69, 9.17) is 11.6 Å². The lowest BCUT2D eigenvalue weighted by Gasteiger charge is -2.17. The van der Waals surface area contributed by atoms with Crippen LogP contribution in [-0.4, -0.2) is 31.9 Å². The van der Waals surface area contributed by atoms with Crippen molar-refractivity contribution in [3.05, 3.63) is 64.7 Å². The van der Waals surface area contributed by atoms with Crippen molar-refractivity contribution in [3.8, 4) is 5.69 Å². The van der Waals surface area contributed by atoms with Gasteiger partial charge in [0, 0.05) is 5.02 Å². The second kappa shape index (κ2) is 9.01. The molecule has 0 fully saturated rings. The lowest BCUT2D eigenvalue weighted by Crippen LogP contribution is -2.29. The molecule has 1 atom stereocenters. The standard InChI is InChI=1S/C19H20ClN5OS/c1-3-17(14-7-9-15(20)10-8-14)21-18(26)12-27-19-22-23-24-25(19)16-6-4-5-13(2)11-16/h4-11,17H,3,12H2,1-2H3,(H,21,26). The second-order valence-electron chi connectivity index (χ2n) is 6.08. The summed E-state index contributed by atoms with van der Waals surface area (Å²) in [5.41, 5.74) is 3.02. The van der Waals surface area contributed by atoms with Gasteiger partial charge in [-0.3, -0.25) is 4.79 Å². The molecule has 2 aromatic carbocycles. The molecule has 0 aliphatic rings. The van der Waals surface area contributed by atoms with E-state index in [1.54, 1.807) is 4.68 Å². The van der Waals surface area contributed by atoms with Crippen LogP contribution in [0.4, 0.5) is 0 Å². The van der Waals surface area contributed by atoms with Gasteiger partial charge in [-0.05, 0) is 59.2 Å². The summed E-state index contributed by atoms with van der Waals surface area (Å²) in [6.07, 6.45) is 0.791. The topological polar surface area (TPSA) is 72.7 Å². The number of carbonyl (C=O) groups is 1. The Labute approximate surface area is 167 Å². The van der Waals surface area contributed by atoms with E-state index < -0.39 is 0 Å². The Hall–Kier alpha value is -2.38. The number of aromatic nitrogens is 4. The number of amides is 1. The molecule has 6 nitrogen and oxygen atoms in total. The minimum atomic E-state index is -0.0689. The minimum Gasteiger partial charge on any atom is -0.349 e. The number of hydrogen-bond donors (Lipinski definition) is 1. The summed E-state index contributed by atoms with van der Waals surface area (Å²) in [5, 5.41) is 16.1. The van der Waals surface area contributed by atoms with Gasteiger partial charge in [-0.1, -0.05) is 54.6 Å². The summed E-state index contributed by atoms with van der Waals surface area (Å²) >= 11 is 7.24. The van der Waals surface area contributed by atoms with Crippen molar-refractivity contribution in [2.75, 3.05) is 5.75 Å². The van der Waals surface area contributed by atoms with E-state index in [-0.39, 0.29) is 17.7 Å². The third kappa shape index (κ3) is 5.08. The van der Waals surface area contributed by atoms with Crippen molar-refractivity contribution >= 4 is 29.3 Å². The van der Waals surface area contributed by atoms with Gasteiger partial charge in [0.2, 0.25) is 11.1 Å². The first-order valence-corrected chi connectivity index (χ1v) is 9.96. The Morgan fingerprint density at radius 1 is 1.26 bits per heavy atom. The quantitative estimate of drug-likeness (QED) is 0.606. The van der Waals surface area contributed by atoms with Gasteiger partial charge in [-0.2, -0.15) is 4.68 Å². The molecule has 27 heavy (non-hydrogen) atoms. The number of carbonyl (C=O) groups excluding carboxylic acids is 1. The Bertz CT molecular complexity index is 912. The summed E-state index contributed by atoms with van der Waals surface area (Å²) in [6.45, 7) is 4.04. The van der Waals surface area contributed by atoms with E-state index in [2.05, 4.69) is 20.8 Å². The van der Waals surface area contributed by atoms with Gasteiger partial charge in [0.1, 0.15) is 0 Å². The van der Waals surface area contributed by atoms with Crippen LogP contribution in [-0.2, 0) is 4.79 Å². The van der Waals surface area contributed by atoms with E-state index >= 15 is 0 Å². The molecule has 1 N–H and O–H groups in total. The van der Waals surface area contributed by atoms with Crippen LogP contribution < -0.4 is 5.32 Å². The zero-order chi connectivity index (χ0) is 19.2. The molecule has 1 heterocycles. The molecule has 8 heteroatoms. The molecule has 1 unspecified atom stereocenters. The predicted octanol–water partition coefficient (Wildman–Crippen LogP) is 3.98. The highest BCUT2D eigenvalue weighted by Gasteiger charge is 2.15. The molecule has 0 saturated carbocycles. The highest BCUT2D eigenvalue weighted by atomic mass is 35.5. The first-order valence-electron chi connectivity index (χ1n) is 8.60. The predicted molar refractivity (Wildman–Crippen MR) is 107 cm³/mol. The van der Waals surface area contributed by atoms with Gasteiger partial charge in [-0.25, -0.2) is 0 Å². The van der Waals surface area contributed by atoms with Crippen molar-refractivity contribution in [1.29, 1.82) is 0 Å². The fourth-order valence-corrected chi connectivity index (χ4v) is 3.50. The SMILES string of the molecule is CCC(NC(=O)CSc1nnnn1-c1cccc(C)c1)c1ccc(Cl)cc1. The number of tetrazole rings is 1. The molecule has 0 aliphatic heterocycles. The first-order chi connectivity index (χ1) is 13.1. The van der Waals surface area contributed by atoms with Gasteiger partial charge in [0.15, 0.2) is 0 Å². The summed E-state index contributed by atoms with van der Waals surface area (Å²) in [4.78, 5) is 12.4. The molecule has 0 aliphatic carbocycles. The van der Waals surface area contributed by atoms with Crippen molar-refractivity contribution < 1.29 is 4.79 Å². The maximum Gasteiger partial charge on any atom is 0.230 e. The van der Waals surface area contributed by atoms with Crippen LogP contribution in [0.1, 0.15) is 30.5 Å². The zero-order valence-corrected chi connectivity index (χ0v) is 16.7. The van der Waals surface area contributed by atoms with Gasteiger partial charge < -0.3 is 5.32 Å². The normalized spacial score (nSPS) is 12.0. The minimum absolute atomic E-state index is 0.0527. The number of halogens is 1. The molecule has 1 amide bonds. The highest BCUT2D eigenvalue weighted by molar-refractivity contribution is 7.99. The van der Waals surface area contributed by atoms with E-state index in [0.717, 1.165) is 23.2 Å². The smallest absolute Gasteiger partial charge is 0.230 e. The lowest BCUT2D eigenvalue weighted by molar-refractivity contribution is -0.119. The monoisotopic (exact) mass is 401 g/mol. The van der Waals surface area contributed by atoms with Crippen LogP contribution in [0.25, 0.3) is 5.69 Å². The van der Waals surface area contributed by atoms with Crippen LogP contribution in [0.3, 0.4) is 0 Å². The molecule has 0 saturated heterocycles. The summed E-state index contributed by atoms with van der Waals surface area (Å²) in [6, 6.07) is 15.4. The Morgan fingerprint density at radius 3 is 2.74 bits per heavy atom. The van der Waals surface area contributed by atoms with Crippen molar-refractivity contribution in [2.45, 2.75) is 31.5 Å². The number of nitrogens with zero attached hydrogens (tertiary/aromatic N) is 4. The highest BCUT2D eigenvalue weighted by Crippen LogP contribution is 2.21. The van der Waals surface area contributed by atoms with E-state index in [9.17, 15) is 4.79 Å². The van der Waals surface area contributed by atoms with E-state index in [0.29, 0.717) is 10.2 Å². The van der Waals surface area contributed by atoms with Gasteiger partial charge >= 0.3 is 0 Å². The second-order valence-corrected chi connectivity index (χ2v) is 7.46. The molecule has 3 aromatic rings. The Balaban J connectivity index is 1.63. The maximum atomic E-state index is 12.4. The molecule has 0 radical (unpaired) electrons. The average Bonchev–Trinajstić information content (AvgIpc) is 3.14. The van der Waals surface area contributed by atoms with Crippen molar-refractivity contribution in [2.24, 2.45) is 0 Å². The fourth-order valence-electron chi connectivity index (χ4n) is 2.67. The Kier molecular flexibility index (Phi) is 6.47. The van der Waals surface area contributed by atoms with Crippen molar-refractivity contribution in [3.63, 3.8) is 0 Å². The fraction of sp³-hybridized carbons (Fsp3) is 0.263. The van der Waals surface area contributed by atoms with E-state index in [1.807, 2.05) is 62.4 Å². The molecular weight excluding hydrogens is 382 g/mol. The summed E-state index contributed by atoms with van der Waals surface area (Å²) in [7, 11) is 0. The van der Waals surface area contributed by atoms with E-state index in [1.165, 1.54) is 11.8 Å². The van der Waals surface area contributed by atoms with Crippen LogP contribution >= 0.6 is 23.4 Å². The van der Waals surface area contributed by atoms with Crippen LogP contribution in [0.15, 0.2) is 53.7 Å². The van der Waals surface area contributed by atoms with Crippen LogP contribution in [0, 0.1) is 6.92 Å². The molecule has 1 aromatic heterocycles. The molecule has 140 valence electrons. The zero-order valence-electron chi connectivity index (χ0n) is 15.1. The largest absolute Gasteiger partial charge is 0.349 e. The van der Waals surface area contributed by atoms with Crippen LogP contribution in [0.2, 0.25) is 5.02 Å². The average molecular weight is 402 g/mol. The summed E-state index contributed by atoms with van der Waals surface area (Å²) < 4.78 is 1.64. The molecular formula is C19H20ClN5OS. The first kappa shape index (κ1) is 19.4. The number of aryl methyl sites for hydroxylation is 1. The molecule has 0 spiro atoms. The molecule has 0 bridgehead atoms. The van der Waals surface area contributed by atoms with Crippen molar-refractivity contribution in [1.82, 2.24) is 25.5 Å². The third-order valence-corrected chi connectivity index (χ3v) is 5.21. The van der Waals surface area contributed by atoms with Crippen LogP contribution in [0.5, 0.6) is 0 Å². The van der Waals surface area contributed by atoms with Gasteiger partial charge in [-0.15, -0.1) is 5.10 Å². The lowest BCUT2D eigenvalue weighted by atomic mass is 10.0. The number of thioether (sulfide) groups is 1. The Morgan fingerprint density at radius 2 is 2.04 bits per heavy atom. The number of benzene rings is 2. The number of rotatable bonds is 7. The third-order valence-electron chi connectivity index (χ3n) is 4.04. The summed E-state index contributed by atoms with van der Waals surface area (Å²) in [5.74, 6) is 0.164. The molecule has 3 rings (SSSR count). The van der Waals surface area contributed by atoms with Gasteiger partial charge in [0.05, 0.1) is 17.5 Å². The number of nitrogens with one attached hydrogen (secondary N) is 1.